The van der Waals surface area contributed by atoms with Crippen molar-refractivity contribution >= 4 is 21.9 Å². The van der Waals surface area contributed by atoms with Crippen LogP contribution in [0.3, 0.4) is 0 Å². The number of nitrogens with zero attached hydrogens (tertiary/aromatic N) is 1. The highest BCUT2D eigenvalue weighted by Gasteiger charge is 2.62. The van der Waals surface area contributed by atoms with Crippen molar-refractivity contribution < 1.29 is 9.53 Å². The zero-order chi connectivity index (χ0) is 12.6. The Morgan fingerprint density at radius 1 is 1.65 bits per heavy atom. The highest BCUT2D eigenvalue weighted by Crippen LogP contribution is 2.56. The first-order chi connectivity index (χ1) is 8.05. The SMILES string of the molecule is [C-]#[N+][C@]1(c2cc(Br)ccc2C(=O)OC)C[C@@H]1C. The number of rotatable bonds is 2. The van der Waals surface area contributed by atoms with Gasteiger partial charge >= 0.3 is 5.97 Å². The summed E-state index contributed by atoms with van der Waals surface area (Å²) < 4.78 is 5.64. The van der Waals surface area contributed by atoms with E-state index in [0.717, 1.165) is 16.5 Å². The number of hydrogen-bond acceptors (Lipinski definition) is 2. The summed E-state index contributed by atoms with van der Waals surface area (Å²) in [5.74, 6) is -0.0904. The van der Waals surface area contributed by atoms with E-state index in [2.05, 4.69) is 20.8 Å². The van der Waals surface area contributed by atoms with Crippen molar-refractivity contribution in [2.75, 3.05) is 7.11 Å². The van der Waals surface area contributed by atoms with Crippen molar-refractivity contribution in [1.82, 2.24) is 0 Å². The Balaban J connectivity index is 2.57. The maximum absolute atomic E-state index is 11.7. The third kappa shape index (κ3) is 1.85. The summed E-state index contributed by atoms with van der Waals surface area (Å²) in [6.45, 7) is 9.39. The molecule has 0 heterocycles. The molecule has 4 heteroatoms. The lowest BCUT2D eigenvalue weighted by atomic mass is 9.97. The molecule has 2 atom stereocenters. The van der Waals surface area contributed by atoms with E-state index in [1.807, 2.05) is 13.0 Å². The normalized spacial score (nSPS) is 26.1. The molecule has 1 aromatic rings. The molecule has 0 spiro atoms. The number of hydrogen-bond donors (Lipinski definition) is 0. The van der Waals surface area contributed by atoms with Crippen LogP contribution < -0.4 is 0 Å². The van der Waals surface area contributed by atoms with Crippen molar-refractivity contribution in [3.63, 3.8) is 0 Å². The van der Waals surface area contributed by atoms with Gasteiger partial charge in [-0.2, -0.15) is 0 Å². The van der Waals surface area contributed by atoms with Crippen molar-refractivity contribution in [2.24, 2.45) is 5.92 Å². The van der Waals surface area contributed by atoms with Crippen molar-refractivity contribution in [3.8, 4) is 0 Å². The Morgan fingerprint density at radius 3 is 2.76 bits per heavy atom. The van der Waals surface area contributed by atoms with Gasteiger partial charge in [-0.1, -0.05) is 22.9 Å². The molecule has 0 N–H and O–H groups in total. The Labute approximate surface area is 109 Å². The van der Waals surface area contributed by atoms with Gasteiger partial charge in [0.05, 0.1) is 18.2 Å². The number of halogens is 1. The van der Waals surface area contributed by atoms with Gasteiger partial charge < -0.3 is 9.58 Å². The van der Waals surface area contributed by atoms with Crippen molar-refractivity contribution in [1.29, 1.82) is 0 Å². The standard InChI is InChI=1S/C13H12BrNO2/c1-8-7-13(8,15-2)11-6-9(14)4-5-10(11)12(16)17-3/h4-6,8H,7H2,1,3H3/t8-,13+/m0/s1. The molecule has 0 amide bonds. The Hall–Kier alpha value is -1.34. The van der Waals surface area contributed by atoms with Gasteiger partial charge in [0.15, 0.2) is 0 Å². The predicted octanol–water partition coefficient (Wildman–Crippen LogP) is 3.39. The van der Waals surface area contributed by atoms with E-state index >= 15 is 0 Å². The molecule has 0 aliphatic heterocycles. The number of carbonyl (C=O) groups excluding carboxylic acids is 1. The lowest BCUT2D eigenvalue weighted by Gasteiger charge is -2.10. The quantitative estimate of drug-likeness (QED) is 0.618. The number of carbonyl (C=O) groups is 1. The first-order valence-electron chi connectivity index (χ1n) is 5.32. The van der Waals surface area contributed by atoms with E-state index in [0.29, 0.717) is 5.56 Å². The van der Waals surface area contributed by atoms with Crippen molar-refractivity contribution in [2.45, 2.75) is 18.9 Å². The fourth-order valence-electron chi connectivity index (χ4n) is 2.16. The molecule has 0 aromatic heterocycles. The van der Waals surface area contributed by atoms with E-state index in [4.69, 9.17) is 11.3 Å². The van der Waals surface area contributed by atoms with Gasteiger partial charge in [-0.05, 0) is 18.2 Å². The molecule has 0 bridgehead atoms. The predicted molar refractivity (Wildman–Crippen MR) is 67.5 cm³/mol. The zero-order valence-electron chi connectivity index (χ0n) is 9.66. The fourth-order valence-corrected chi connectivity index (χ4v) is 2.52. The molecule has 1 saturated carbocycles. The molecule has 0 unspecified atom stereocenters. The maximum Gasteiger partial charge on any atom is 0.338 e. The molecule has 1 fully saturated rings. The number of ether oxygens (including phenoxy) is 1. The van der Waals surface area contributed by atoms with Crippen LogP contribution in [-0.2, 0) is 10.3 Å². The summed E-state index contributed by atoms with van der Waals surface area (Å²) in [5, 5.41) is 0. The van der Waals surface area contributed by atoms with Crippen LogP contribution in [0.2, 0.25) is 0 Å². The number of benzene rings is 1. The van der Waals surface area contributed by atoms with Gasteiger partial charge in [-0.15, -0.1) is 0 Å². The summed E-state index contributed by atoms with van der Waals surface area (Å²) in [5.41, 5.74) is 0.741. The average Bonchev–Trinajstić information content (AvgIpc) is 3.00. The second-order valence-corrected chi connectivity index (χ2v) is 5.24. The van der Waals surface area contributed by atoms with Gasteiger partial charge in [0, 0.05) is 16.8 Å². The summed E-state index contributed by atoms with van der Waals surface area (Å²) >= 11 is 3.38. The second kappa shape index (κ2) is 4.15. The maximum atomic E-state index is 11.7. The largest absolute Gasteiger partial charge is 0.465 e. The molecule has 17 heavy (non-hydrogen) atoms. The molecule has 3 nitrogen and oxygen atoms in total. The van der Waals surface area contributed by atoms with Crippen LogP contribution >= 0.6 is 15.9 Å². The highest BCUT2D eigenvalue weighted by atomic mass is 79.9. The van der Waals surface area contributed by atoms with E-state index in [1.54, 1.807) is 12.1 Å². The average molecular weight is 294 g/mol. The Kier molecular flexibility index (Phi) is 2.96. The van der Waals surface area contributed by atoms with Crippen LogP contribution in [-0.4, -0.2) is 13.1 Å². The second-order valence-electron chi connectivity index (χ2n) is 4.32. The summed E-state index contributed by atoms with van der Waals surface area (Å²) in [6, 6.07) is 5.36. The minimum absolute atomic E-state index is 0.290. The van der Waals surface area contributed by atoms with Crippen LogP contribution in [0.25, 0.3) is 4.85 Å². The summed E-state index contributed by atoms with van der Waals surface area (Å²) in [4.78, 5) is 15.4. The van der Waals surface area contributed by atoms with Crippen LogP contribution in [0.5, 0.6) is 0 Å². The lowest BCUT2D eigenvalue weighted by molar-refractivity contribution is 0.0599. The topological polar surface area (TPSA) is 30.7 Å². The number of esters is 1. The van der Waals surface area contributed by atoms with Crippen LogP contribution in [0.1, 0.15) is 29.3 Å². The first-order valence-corrected chi connectivity index (χ1v) is 6.11. The minimum Gasteiger partial charge on any atom is -0.465 e. The molecular formula is C13H12BrNO2. The monoisotopic (exact) mass is 293 g/mol. The first kappa shape index (κ1) is 12.1. The number of methoxy groups -OCH3 is 1. The third-order valence-corrected chi connectivity index (χ3v) is 3.82. The molecule has 1 aromatic carbocycles. The molecule has 0 radical (unpaired) electrons. The summed E-state index contributed by atoms with van der Waals surface area (Å²) in [7, 11) is 1.36. The Bertz CT molecular complexity index is 521. The smallest absolute Gasteiger partial charge is 0.338 e. The van der Waals surface area contributed by atoms with E-state index in [9.17, 15) is 4.79 Å². The van der Waals surface area contributed by atoms with Crippen LogP contribution in [0, 0.1) is 12.5 Å². The lowest BCUT2D eigenvalue weighted by Crippen LogP contribution is -2.13. The summed E-state index contributed by atoms with van der Waals surface area (Å²) in [6.07, 6.45) is 0.803. The molecule has 0 saturated heterocycles. The molecule has 1 aliphatic rings. The van der Waals surface area contributed by atoms with Gasteiger partial charge in [0.1, 0.15) is 0 Å². The molecular weight excluding hydrogens is 282 g/mol. The van der Waals surface area contributed by atoms with Gasteiger partial charge in [-0.25, -0.2) is 11.4 Å². The Morgan fingerprint density at radius 2 is 2.29 bits per heavy atom. The zero-order valence-corrected chi connectivity index (χ0v) is 11.2. The van der Waals surface area contributed by atoms with E-state index in [1.165, 1.54) is 7.11 Å². The van der Waals surface area contributed by atoms with Crippen molar-refractivity contribution in [3.05, 3.63) is 45.2 Å². The molecule has 1 aliphatic carbocycles. The van der Waals surface area contributed by atoms with E-state index < -0.39 is 5.54 Å². The molecule has 2 rings (SSSR count). The fraction of sp³-hybridized carbons (Fsp3) is 0.385. The van der Waals surface area contributed by atoms with Crippen LogP contribution in [0.15, 0.2) is 22.7 Å². The highest BCUT2D eigenvalue weighted by molar-refractivity contribution is 9.10. The van der Waals surface area contributed by atoms with Gasteiger partial charge in [-0.3, -0.25) is 0 Å². The van der Waals surface area contributed by atoms with Crippen LogP contribution in [0.4, 0.5) is 0 Å². The van der Waals surface area contributed by atoms with E-state index in [-0.39, 0.29) is 11.9 Å². The molecule has 88 valence electrons. The third-order valence-electron chi connectivity index (χ3n) is 3.33. The van der Waals surface area contributed by atoms with Gasteiger partial charge in [0.2, 0.25) is 0 Å². The minimum atomic E-state index is -0.534. The van der Waals surface area contributed by atoms with Gasteiger partial charge in [0.25, 0.3) is 5.54 Å².